The zero-order chi connectivity index (χ0) is 16.3. The van der Waals surface area contributed by atoms with Crippen LogP contribution in [-0.2, 0) is 11.3 Å². The minimum atomic E-state index is -0.632. The van der Waals surface area contributed by atoms with Gasteiger partial charge in [-0.3, -0.25) is 10.00 Å². The molecule has 0 radical (unpaired) electrons. The monoisotopic (exact) mass is 324 g/mol. The third kappa shape index (κ3) is 4.02. The van der Waals surface area contributed by atoms with E-state index in [9.17, 15) is 9.18 Å². The number of halogens is 1. The summed E-state index contributed by atoms with van der Waals surface area (Å²) in [5.74, 6) is 0. The highest BCUT2D eigenvalue weighted by atomic mass is 19.1. The summed E-state index contributed by atoms with van der Waals surface area (Å²) in [6.45, 7) is 4.27. The Labute approximate surface area is 135 Å². The second kappa shape index (κ2) is 6.86. The van der Waals surface area contributed by atoms with Crippen molar-refractivity contribution < 1.29 is 13.9 Å². The second-order valence-corrected chi connectivity index (χ2v) is 6.89. The highest BCUT2D eigenvalue weighted by molar-refractivity contribution is 5.67. The Hall–Kier alpha value is -1.63. The Morgan fingerprint density at radius 1 is 1.52 bits per heavy atom. The molecule has 0 aromatic carbocycles. The van der Waals surface area contributed by atoms with Crippen LogP contribution in [0.15, 0.2) is 6.07 Å². The number of alkyl halides is 1. The normalized spacial score (nSPS) is 21.1. The highest BCUT2D eigenvalue weighted by Crippen LogP contribution is 2.49. The number of nitrogens with one attached hydrogen (secondary N) is 2. The summed E-state index contributed by atoms with van der Waals surface area (Å²) >= 11 is 0. The van der Waals surface area contributed by atoms with Crippen molar-refractivity contribution in [2.45, 2.75) is 45.2 Å². The van der Waals surface area contributed by atoms with E-state index in [4.69, 9.17) is 4.74 Å². The summed E-state index contributed by atoms with van der Waals surface area (Å²) in [4.78, 5) is 13.9. The van der Waals surface area contributed by atoms with Gasteiger partial charge in [0.15, 0.2) is 0 Å². The molecule has 0 atom stereocenters. The van der Waals surface area contributed by atoms with Crippen molar-refractivity contribution >= 4 is 6.09 Å². The standard InChI is InChI=1S/C16H25FN4O2/c1-12-8-13(20-19-12)11-21-5-2-16(3-6-21)9-14(10-16)18-15(22)23-7-4-17/h8,14H,2-7,9-11H2,1H3,(H,18,22)(H,19,20). The molecule has 128 valence electrons. The van der Waals surface area contributed by atoms with Crippen molar-refractivity contribution in [3.63, 3.8) is 0 Å². The first-order valence-corrected chi connectivity index (χ1v) is 8.31. The third-order valence-corrected chi connectivity index (χ3v) is 5.05. The summed E-state index contributed by atoms with van der Waals surface area (Å²) in [7, 11) is 0. The molecule has 7 heteroatoms. The molecule has 2 heterocycles. The first kappa shape index (κ1) is 16.2. The number of carbonyl (C=O) groups is 1. The molecule has 0 bridgehead atoms. The number of likely N-dealkylation sites (tertiary alicyclic amines) is 1. The summed E-state index contributed by atoms with van der Waals surface area (Å²) in [6.07, 6.45) is 3.84. The van der Waals surface area contributed by atoms with Gasteiger partial charge >= 0.3 is 6.09 Å². The number of nitrogens with zero attached hydrogens (tertiary/aromatic N) is 2. The number of hydrogen-bond donors (Lipinski definition) is 2. The molecule has 1 aliphatic heterocycles. The molecule has 2 fully saturated rings. The molecule has 0 unspecified atom stereocenters. The van der Waals surface area contributed by atoms with Gasteiger partial charge in [-0.05, 0) is 57.2 Å². The Morgan fingerprint density at radius 2 is 2.26 bits per heavy atom. The van der Waals surface area contributed by atoms with Crippen LogP contribution in [0.1, 0.15) is 37.1 Å². The van der Waals surface area contributed by atoms with Crippen LogP contribution >= 0.6 is 0 Å². The summed E-state index contributed by atoms with van der Waals surface area (Å²) < 4.78 is 16.7. The third-order valence-electron chi connectivity index (χ3n) is 5.05. The second-order valence-electron chi connectivity index (χ2n) is 6.89. The molecule has 2 N–H and O–H groups in total. The fraction of sp³-hybridized carbons (Fsp3) is 0.750. The smallest absolute Gasteiger partial charge is 0.407 e. The lowest BCUT2D eigenvalue weighted by Gasteiger charge is -2.52. The molecule has 1 saturated carbocycles. The Morgan fingerprint density at radius 3 is 2.87 bits per heavy atom. The molecule has 1 aromatic heterocycles. The summed E-state index contributed by atoms with van der Waals surface area (Å²) in [6, 6.07) is 2.28. The lowest BCUT2D eigenvalue weighted by atomic mass is 9.60. The number of hydrogen-bond acceptors (Lipinski definition) is 4. The molecule has 6 nitrogen and oxygen atoms in total. The van der Waals surface area contributed by atoms with Crippen LogP contribution in [-0.4, -0.2) is 53.6 Å². The number of piperidine rings is 1. The van der Waals surface area contributed by atoms with Crippen LogP contribution < -0.4 is 5.32 Å². The van der Waals surface area contributed by atoms with E-state index in [0.29, 0.717) is 5.41 Å². The molecule has 1 saturated heterocycles. The Balaban J connectivity index is 1.37. The predicted molar refractivity (Wildman–Crippen MR) is 83.7 cm³/mol. The van der Waals surface area contributed by atoms with E-state index in [1.807, 2.05) is 6.92 Å². The van der Waals surface area contributed by atoms with E-state index in [2.05, 4.69) is 26.5 Å². The van der Waals surface area contributed by atoms with Crippen LogP contribution in [0.2, 0.25) is 0 Å². The summed E-state index contributed by atoms with van der Waals surface area (Å²) in [5, 5.41) is 10.1. The lowest BCUT2D eigenvalue weighted by molar-refractivity contribution is 0.00284. The van der Waals surface area contributed by atoms with Crippen molar-refractivity contribution in [3.8, 4) is 0 Å². The number of aromatic nitrogens is 2. The van der Waals surface area contributed by atoms with Gasteiger partial charge in [0.25, 0.3) is 0 Å². The van der Waals surface area contributed by atoms with Gasteiger partial charge in [0.05, 0.1) is 5.69 Å². The van der Waals surface area contributed by atoms with Gasteiger partial charge in [-0.2, -0.15) is 5.10 Å². The van der Waals surface area contributed by atoms with Gasteiger partial charge in [0, 0.05) is 18.3 Å². The van der Waals surface area contributed by atoms with Gasteiger partial charge in [0.2, 0.25) is 0 Å². The van der Waals surface area contributed by atoms with E-state index in [-0.39, 0.29) is 12.6 Å². The number of H-pyrrole nitrogens is 1. The predicted octanol–water partition coefficient (Wildman–Crippen LogP) is 2.16. The van der Waals surface area contributed by atoms with Crippen molar-refractivity contribution in [3.05, 3.63) is 17.5 Å². The largest absolute Gasteiger partial charge is 0.447 e. The summed E-state index contributed by atoms with van der Waals surface area (Å²) in [5.41, 5.74) is 2.57. The van der Waals surface area contributed by atoms with Crippen molar-refractivity contribution in [1.29, 1.82) is 0 Å². The molecule has 23 heavy (non-hydrogen) atoms. The van der Waals surface area contributed by atoms with E-state index < -0.39 is 12.8 Å². The number of alkyl carbamates (subject to hydrolysis) is 1. The van der Waals surface area contributed by atoms with Crippen LogP contribution in [0.3, 0.4) is 0 Å². The van der Waals surface area contributed by atoms with Crippen LogP contribution in [0.4, 0.5) is 9.18 Å². The Kier molecular flexibility index (Phi) is 4.84. The molecule has 1 amide bonds. The first-order chi connectivity index (χ1) is 11.1. The maximum Gasteiger partial charge on any atom is 0.407 e. The SMILES string of the molecule is Cc1cc(CN2CCC3(CC2)CC(NC(=O)OCCF)C3)n[nH]1. The van der Waals surface area contributed by atoms with Crippen LogP contribution in [0.5, 0.6) is 0 Å². The van der Waals surface area contributed by atoms with Gasteiger partial charge in [-0.15, -0.1) is 0 Å². The molecule has 2 aliphatic rings. The van der Waals surface area contributed by atoms with Crippen molar-refractivity contribution in [1.82, 2.24) is 20.4 Å². The van der Waals surface area contributed by atoms with Gasteiger partial charge in [-0.1, -0.05) is 0 Å². The number of aromatic amines is 1. The van der Waals surface area contributed by atoms with E-state index in [1.54, 1.807) is 0 Å². The molecular weight excluding hydrogens is 299 g/mol. The average molecular weight is 324 g/mol. The van der Waals surface area contributed by atoms with Gasteiger partial charge in [0.1, 0.15) is 13.3 Å². The topological polar surface area (TPSA) is 70.2 Å². The number of carbonyl (C=O) groups excluding carboxylic acids is 1. The van der Waals surface area contributed by atoms with E-state index >= 15 is 0 Å². The molecule has 3 rings (SSSR count). The van der Waals surface area contributed by atoms with Crippen molar-refractivity contribution in [2.24, 2.45) is 5.41 Å². The maximum atomic E-state index is 12.0. The van der Waals surface area contributed by atoms with E-state index in [1.165, 1.54) is 0 Å². The number of ether oxygens (including phenoxy) is 1. The average Bonchev–Trinajstić information content (AvgIpc) is 2.91. The zero-order valence-corrected chi connectivity index (χ0v) is 13.6. The highest BCUT2D eigenvalue weighted by Gasteiger charge is 2.46. The fourth-order valence-corrected chi connectivity index (χ4v) is 3.81. The molecule has 1 aliphatic carbocycles. The molecule has 1 spiro atoms. The lowest BCUT2D eigenvalue weighted by Crippen LogP contribution is -2.54. The molecule has 1 aromatic rings. The van der Waals surface area contributed by atoms with Crippen molar-refractivity contribution in [2.75, 3.05) is 26.4 Å². The number of amides is 1. The first-order valence-electron chi connectivity index (χ1n) is 8.31. The number of rotatable bonds is 5. The fourth-order valence-electron chi connectivity index (χ4n) is 3.81. The quantitative estimate of drug-likeness (QED) is 0.871. The number of aryl methyl sites for hydroxylation is 1. The molecular formula is C16H25FN4O2. The van der Waals surface area contributed by atoms with Crippen LogP contribution in [0.25, 0.3) is 0 Å². The Bertz CT molecular complexity index is 532. The minimum Gasteiger partial charge on any atom is -0.447 e. The van der Waals surface area contributed by atoms with Crippen LogP contribution in [0, 0.1) is 12.3 Å². The van der Waals surface area contributed by atoms with Gasteiger partial charge < -0.3 is 10.1 Å². The minimum absolute atomic E-state index is 0.161. The zero-order valence-electron chi connectivity index (χ0n) is 13.6. The maximum absolute atomic E-state index is 12.0. The van der Waals surface area contributed by atoms with E-state index in [0.717, 1.165) is 56.7 Å². The van der Waals surface area contributed by atoms with Gasteiger partial charge in [-0.25, -0.2) is 9.18 Å².